The molecule has 116 valence electrons. The summed E-state index contributed by atoms with van der Waals surface area (Å²) in [5.41, 5.74) is 2.01. The fourth-order valence-electron chi connectivity index (χ4n) is 2.21. The van der Waals surface area contributed by atoms with Gasteiger partial charge in [0.15, 0.2) is 0 Å². The van der Waals surface area contributed by atoms with Gasteiger partial charge in [-0.25, -0.2) is 0 Å². The van der Waals surface area contributed by atoms with Crippen molar-refractivity contribution in [1.82, 2.24) is 0 Å². The molecule has 1 atom stereocenters. The Hall–Kier alpha value is -1.61. The lowest BCUT2D eigenvalue weighted by molar-refractivity contribution is -0.137. The maximum absolute atomic E-state index is 10.4. The van der Waals surface area contributed by atoms with Gasteiger partial charge in [-0.05, 0) is 36.5 Å². The van der Waals surface area contributed by atoms with E-state index in [1.54, 1.807) is 0 Å². The molecule has 1 unspecified atom stereocenters. The zero-order chi connectivity index (χ0) is 15.5. The number of allylic oxidation sites excluding steroid dienone is 1. The summed E-state index contributed by atoms with van der Waals surface area (Å²) in [4.78, 5) is 10.4. The predicted octanol–water partition coefficient (Wildman–Crippen LogP) is 4.57. The quantitative estimate of drug-likeness (QED) is 0.621. The fraction of sp³-hybridized carbons (Fsp3) is 0.500. The van der Waals surface area contributed by atoms with Crippen molar-refractivity contribution in [3.63, 3.8) is 0 Å². The molecule has 0 aliphatic heterocycles. The molecule has 0 aliphatic rings. The second-order valence-corrected chi connectivity index (χ2v) is 5.37. The summed E-state index contributed by atoms with van der Waals surface area (Å²) in [5, 5.41) is 18.7. The molecule has 0 spiro atoms. The van der Waals surface area contributed by atoms with E-state index >= 15 is 0 Å². The number of hydrogen-bond acceptors (Lipinski definition) is 2. The van der Waals surface area contributed by atoms with Crippen LogP contribution in [0.5, 0.6) is 0 Å². The molecule has 0 fully saturated rings. The van der Waals surface area contributed by atoms with Gasteiger partial charge in [-0.1, -0.05) is 56.5 Å². The summed E-state index contributed by atoms with van der Waals surface area (Å²) in [7, 11) is 0. The highest BCUT2D eigenvalue weighted by Crippen LogP contribution is 2.21. The molecule has 1 aromatic carbocycles. The molecule has 0 saturated heterocycles. The van der Waals surface area contributed by atoms with Crippen molar-refractivity contribution in [1.29, 1.82) is 0 Å². The number of rotatable bonds is 10. The Morgan fingerprint density at radius 3 is 2.81 bits per heavy atom. The first-order chi connectivity index (χ1) is 10.1. The van der Waals surface area contributed by atoms with Crippen molar-refractivity contribution < 1.29 is 15.0 Å². The van der Waals surface area contributed by atoms with Gasteiger partial charge in [-0.2, -0.15) is 0 Å². The number of hydrogen-bond donors (Lipinski definition) is 2. The van der Waals surface area contributed by atoms with Gasteiger partial charge in [0.25, 0.3) is 0 Å². The van der Waals surface area contributed by atoms with E-state index in [-0.39, 0.29) is 6.42 Å². The van der Waals surface area contributed by atoms with Crippen LogP contribution < -0.4 is 0 Å². The van der Waals surface area contributed by atoms with E-state index in [1.807, 2.05) is 36.4 Å². The van der Waals surface area contributed by atoms with Crippen LogP contribution in [-0.2, 0) is 4.79 Å². The highest BCUT2D eigenvalue weighted by Gasteiger charge is 2.06. The van der Waals surface area contributed by atoms with Gasteiger partial charge in [0.2, 0.25) is 0 Å². The first-order valence-corrected chi connectivity index (χ1v) is 7.80. The first-order valence-electron chi connectivity index (χ1n) is 7.80. The van der Waals surface area contributed by atoms with Crippen LogP contribution in [0.2, 0.25) is 0 Å². The third-order valence-corrected chi connectivity index (χ3v) is 3.45. The maximum atomic E-state index is 10.4. The Labute approximate surface area is 127 Å². The summed E-state index contributed by atoms with van der Waals surface area (Å²) in [5.74, 6) is -0.749. The average Bonchev–Trinajstić information content (AvgIpc) is 2.47. The van der Waals surface area contributed by atoms with Gasteiger partial charge in [-0.15, -0.1) is 0 Å². The molecule has 3 nitrogen and oxygen atoms in total. The van der Waals surface area contributed by atoms with E-state index < -0.39 is 12.1 Å². The Bertz CT molecular complexity index is 452. The lowest BCUT2D eigenvalue weighted by atomic mass is 10.0. The molecule has 0 heterocycles. The van der Waals surface area contributed by atoms with E-state index in [4.69, 9.17) is 5.11 Å². The van der Waals surface area contributed by atoms with Gasteiger partial charge in [0.05, 0.1) is 6.10 Å². The van der Waals surface area contributed by atoms with Crippen LogP contribution in [0.4, 0.5) is 0 Å². The highest BCUT2D eigenvalue weighted by atomic mass is 16.4. The summed E-state index contributed by atoms with van der Waals surface area (Å²) in [6, 6.07) is 7.91. The second-order valence-electron chi connectivity index (χ2n) is 5.37. The number of aliphatic carboxylic acids is 1. The molecule has 0 radical (unpaired) electrons. The van der Waals surface area contributed by atoms with Crippen LogP contribution >= 0.6 is 0 Å². The minimum atomic E-state index is -0.749. The number of benzene rings is 1. The van der Waals surface area contributed by atoms with Crippen LogP contribution in [0.15, 0.2) is 30.3 Å². The van der Waals surface area contributed by atoms with Crippen molar-refractivity contribution in [2.24, 2.45) is 0 Å². The number of carbonyl (C=O) groups is 1. The fourth-order valence-corrected chi connectivity index (χ4v) is 2.21. The average molecular weight is 290 g/mol. The molecule has 2 N–H and O–H groups in total. The summed E-state index contributed by atoms with van der Waals surface area (Å²) < 4.78 is 0. The SMILES string of the molecule is CCCCCC(O)c1cccc(C=CCCCC(=O)O)c1. The molecule has 0 saturated carbocycles. The number of carboxylic acids is 1. The third kappa shape index (κ3) is 7.66. The maximum Gasteiger partial charge on any atom is 0.303 e. The zero-order valence-corrected chi connectivity index (χ0v) is 12.8. The molecule has 21 heavy (non-hydrogen) atoms. The van der Waals surface area contributed by atoms with Crippen molar-refractivity contribution >= 4 is 12.0 Å². The Kier molecular flexibility index (Phi) is 8.44. The minimum absolute atomic E-state index is 0.209. The molecule has 1 aromatic rings. The van der Waals surface area contributed by atoms with Gasteiger partial charge >= 0.3 is 5.97 Å². The standard InChI is InChI=1S/C18H26O3/c1-2-3-5-12-17(19)16-11-8-10-15(14-16)9-6-4-7-13-18(20)21/h6,8-11,14,17,19H,2-5,7,12-13H2,1H3,(H,20,21). The van der Waals surface area contributed by atoms with Crippen LogP contribution in [0.1, 0.15) is 69.1 Å². The largest absolute Gasteiger partial charge is 0.481 e. The van der Waals surface area contributed by atoms with Crippen molar-refractivity contribution in [2.75, 3.05) is 0 Å². The van der Waals surface area contributed by atoms with Gasteiger partial charge in [0, 0.05) is 6.42 Å². The van der Waals surface area contributed by atoms with Gasteiger partial charge in [-0.3, -0.25) is 4.79 Å². The number of carboxylic acid groups (broad SMARTS) is 1. The lowest BCUT2D eigenvalue weighted by Crippen LogP contribution is -1.97. The van der Waals surface area contributed by atoms with E-state index in [0.29, 0.717) is 6.42 Å². The lowest BCUT2D eigenvalue weighted by Gasteiger charge is -2.11. The first kappa shape index (κ1) is 17.4. The van der Waals surface area contributed by atoms with Crippen LogP contribution in [-0.4, -0.2) is 16.2 Å². The summed E-state index contributed by atoms with van der Waals surface area (Å²) >= 11 is 0. The Morgan fingerprint density at radius 2 is 2.10 bits per heavy atom. The van der Waals surface area contributed by atoms with Crippen LogP contribution in [0.25, 0.3) is 6.08 Å². The minimum Gasteiger partial charge on any atom is -0.481 e. The molecule has 0 aromatic heterocycles. The number of aliphatic hydroxyl groups is 1. The van der Waals surface area contributed by atoms with Crippen molar-refractivity contribution in [3.8, 4) is 0 Å². The van der Waals surface area contributed by atoms with E-state index in [9.17, 15) is 9.90 Å². The monoisotopic (exact) mass is 290 g/mol. The molecule has 0 bridgehead atoms. The molecule has 1 rings (SSSR count). The number of aliphatic hydroxyl groups excluding tert-OH is 1. The second kappa shape index (κ2) is 10.2. The predicted molar refractivity (Wildman–Crippen MR) is 86.1 cm³/mol. The topological polar surface area (TPSA) is 57.5 Å². The van der Waals surface area contributed by atoms with Crippen molar-refractivity contribution in [2.45, 2.75) is 58.0 Å². The number of unbranched alkanes of at least 4 members (excludes halogenated alkanes) is 3. The smallest absolute Gasteiger partial charge is 0.303 e. The third-order valence-electron chi connectivity index (χ3n) is 3.45. The van der Waals surface area contributed by atoms with Gasteiger partial charge < -0.3 is 10.2 Å². The summed E-state index contributed by atoms with van der Waals surface area (Å²) in [6.07, 6.45) is 9.38. The highest BCUT2D eigenvalue weighted by molar-refractivity contribution is 5.66. The van der Waals surface area contributed by atoms with E-state index in [0.717, 1.165) is 43.2 Å². The molecular formula is C18H26O3. The van der Waals surface area contributed by atoms with E-state index in [1.165, 1.54) is 0 Å². The van der Waals surface area contributed by atoms with E-state index in [2.05, 4.69) is 6.92 Å². The van der Waals surface area contributed by atoms with Crippen molar-refractivity contribution in [3.05, 3.63) is 41.5 Å². The van der Waals surface area contributed by atoms with Gasteiger partial charge in [0.1, 0.15) is 0 Å². The molecular weight excluding hydrogens is 264 g/mol. The summed E-state index contributed by atoms with van der Waals surface area (Å²) in [6.45, 7) is 2.15. The Morgan fingerprint density at radius 1 is 1.29 bits per heavy atom. The Balaban J connectivity index is 2.47. The van der Waals surface area contributed by atoms with Crippen LogP contribution in [0.3, 0.4) is 0 Å². The molecule has 0 aliphatic carbocycles. The van der Waals surface area contributed by atoms with Crippen LogP contribution in [0, 0.1) is 0 Å². The molecule has 3 heteroatoms. The molecule has 0 amide bonds. The zero-order valence-electron chi connectivity index (χ0n) is 12.8. The normalized spacial score (nSPS) is 12.7.